The molecule has 0 aliphatic rings. The lowest BCUT2D eigenvalue weighted by Gasteiger charge is -1.83. The second-order valence-corrected chi connectivity index (χ2v) is 2.63. The monoisotopic (exact) mass is 179 g/mol. The van der Waals surface area contributed by atoms with Crippen LogP contribution in [-0.4, -0.2) is 20.2 Å². The maximum Gasteiger partial charge on any atom is 0.240 e. The molecule has 2 aromatic rings. The number of hydrogen-bond acceptors (Lipinski definition) is 5. The van der Waals surface area contributed by atoms with Crippen molar-refractivity contribution in [3.05, 3.63) is 17.9 Å². The van der Waals surface area contributed by atoms with E-state index in [0.717, 1.165) is 5.56 Å². The van der Waals surface area contributed by atoms with Gasteiger partial charge in [-0.05, 0) is 11.3 Å². The fraction of sp³-hybridized carbons (Fsp3) is 0.286. The molecule has 2 N–H and O–H groups in total. The molecule has 6 nitrogen and oxygen atoms in total. The molecule has 0 fully saturated rings. The van der Waals surface area contributed by atoms with E-state index in [4.69, 9.17) is 10.2 Å². The summed E-state index contributed by atoms with van der Waals surface area (Å²) in [4.78, 5) is 1.37. The van der Waals surface area contributed by atoms with Gasteiger partial charge < -0.3 is 10.2 Å². The molecule has 2 aromatic heterocycles. The third-order valence-corrected chi connectivity index (χ3v) is 1.62. The molecule has 0 unspecified atom stereocenters. The molecular weight excluding hydrogens is 170 g/mol. The first-order valence-electron chi connectivity index (χ1n) is 3.81. The Hall–Kier alpha value is -1.69. The molecule has 2 heterocycles. The van der Waals surface area contributed by atoms with E-state index in [0.29, 0.717) is 18.1 Å². The highest BCUT2D eigenvalue weighted by Gasteiger charge is 2.08. The summed E-state index contributed by atoms with van der Waals surface area (Å²) in [5.74, 6) is 1.07. The van der Waals surface area contributed by atoms with Gasteiger partial charge in [-0.15, -0.1) is 10.2 Å². The summed E-state index contributed by atoms with van der Waals surface area (Å²) < 4.78 is 5.20. The Bertz CT molecular complexity index is 404. The van der Waals surface area contributed by atoms with Gasteiger partial charge in [0.15, 0.2) is 5.76 Å². The van der Waals surface area contributed by atoms with E-state index in [-0.39, 0.29) is 0 Å². The van der Waals surface area contributed by atoms with Crippen LogP contribution >= 0.6 is 0 Å². The summed E-state index contributed by atoms with van der Waals surface area (Å²) >= 11 is 0. The number of rotatable bonds is 2. The Labute approximate surface area is 74.3 Å². The lowest BCUT2D eigenvalue weighted by Crippen LogP contribution is -1.92. The minimum Gasteiger partial charge on any atom is -0.461 e. The van der Waals surface area contributed by atoms with Crippen molar-refractivity contribution in [3.8, 4) is 11.6 Å². The van der Waals surface area contributed by atoms with Gasteiger partial charge in [0, 0.05) is 12.1 Å². The summed E-state index contributed by atoms with van der Waals surface area (Å²) in [5, 5.41) is 11.5. The third kappa shape index (κ3) is 1.43. The molecule has 68 valence electrons. The number of furan rings is 1. The third-order valence-electron chi connectivity index (χ3n) is 1.62. The zero-order valence-corrected chi connectivity index (χ0v) is 7.14. The van der Waals surface area contributed by atoms with Crippen molar-refractivity contribution in [2.24, 2.45) is 12.8 Å². The molecule has 0 atom stereocenters. The zero-order chi connectivity index (χ0) is 9.26. The van der Waals surface area contributed by atoms with Crippen LogP contribution in [0.1, 0.15) is 5.56 Å². The van der Waals surface area contributed by atoms with Crippen molar-refractivity contribution in [1.29, 1.82) is 0 Å². The minimum absolute atomic E-state index is 0.448. The van der Waals surface area contributed by atoms with Gasteiger partial charge in [-0.2, -0.15) is 4.80 Å². The predicted octanol–water partition coefficient (Wildman–Crippen LogP) is -0.0712. The maximum atomic E-state index is 5.42. The zero-order valence-electron chi connectivity index (χ0n) is 7.14. The highest BCUT2D eigenvalue weighted by Crippen LogP contribution is 2.16. The van der Waals surface area contributed by atoms with Crippen LogP contribution in [0.3, 0.4) is 0 Å². The SMILES string of the molecule is Cn1nnc(-c2cc(CN)co2)n1. The van der Waals surface area contributed by atoms with E-state index >= 15 is 0 Å². The maximum absolute atomic E-state index is 5.42. The fourth-order valence-electron chi connectivity index (χ4n) is 0.983. The quantitative estimate of drug-likeness (QED) is 0.697. The van der Waals surface area contributed by atoms with Crippen LogP contribution in [0.2, 0.25) is 0 Å². The highest BCUT2D eigenvalue weighted by molar-refractivity contribution is 5.46. The Morgan fingerprint density at radius 1 is 1.62 bits per heavy atom. The first kappa shape index (κ1) is 7.93. The van der Waals surface area contributed by atoms with Crippen molar-refractivity contribution in [2.45, 2.75) is 6.54 Å². The minimum atomic E-state index is 0.448. The number of hydrogen-bond donors (Lipinski definition) is 1. The molecule has 0 radical (unpaired) electrons. The predicted molar refractivity (Wildman–Crippen MR) is 44.4 cm³/mol. The smallest absolute Gasteiger partial charge is 0.240 e. The fourth-order valence-corrected chi connectivity index (χ4v) is 0.983. The summed E-state index contributed by atoms with van der Waals surface area (Å²) in [7, 11) is 1.70. The Morgan fingerprint density at radius 2 is 2.46 bits per heavy atom. The Morgan fingerprint density at radius 3 is 3.00 bits per heavy atom. The molecule has 2 rings (SSSR count). The topological polar surface area (TPSA) is 82.8 Å². The first-order valence-corrected chi connectivity index (χ1v) is 3.81. The molecular formula is C7H9N5O. The van der Waals surface area contributed by atoms with Gasteiger partial charge >= 0.3 is 0 Å². The molecule has 0 saturated carbocycles. The number of nitrogens with two attached hydrogens (primary N) is 1. The van der Waals surface area contributed by atoms with E-state index < -0.39 is 0 Å². The molecule has 0 spiro atoms. The number of tetrazole rings is 1. The van der Waals surface area contributed by atoms with Gasteiger partial charge in [0.25, 0.3) is 0 Å². The largest absolute Gasteiger partial charge is 0.461 e. The van der Waals surface area contributed by atoms with E-state index in [1.165, 1.54) is 4.80 Å². The first-order chi connectivity index (χ1) is 6.29. The Balaban J connectivity index is 2.35. The van der Waals surface area contributed by atoms with Crippen LogP contribution in [0.4, 0.5) is 0 Å². The number of aryl methyl sites for hydroxylation is 1. The average molecular weight is 179 g/mol. The molecule has 0 saturated heterocycles. The van der Waals surface area contributed by atoms with Crippen LogP contribution in [0.25, 0.3) is 11.6 Å². The van der Waals surface area contributed by atoms with Crippen LogP contribution in [0, 0.1) is 0 Å². The normalized spacial score (nSPS) is 10.6. The summed E-state index contributed by atoms with van der Waals surface area (Å²) in [6.45, 7) is 0.448. The van der Waals surface area contributed by atoms with Crippen LogP contribution in [-0.2, 0) is 13.6 Å². The summed E-state index contributed by atoms with van der Waals surface area (Å²) in [6.07, 6.45) is 1.59. The lowest BCUT2D eigenvalue weighted by molar-refractivity contribution is 0.572. The van der Waals surface area contributed by atoms with Crippen LogP contribution < -0.4 is 5.73 Å². The van der Waals surface area contributed by atoms with Gasteiger partial charge in [-0.1, -0.05) is 0 Å². The van der Waals surface area contributed by atoms with E-state index in [1.54, 1.807) is 19.4 Å². The highest BCUT2D eigenvalue weighted by atomic mass is 16.3. The van der Waals surface area contributed by atoms with Crippen molar-refractivity contribution in [3.63, 3.8) is 0 Å². The van der Waals surface area contributed by atoms with Gasteiger partial charge in [-0.3, -0.25) is 0 Å². The second-order valence-electron chi connectivity index (χ2n) is 2.63. The lowest BCUT2D eigenvalue weighted by atomic mass is 10.3. The molecule has 13 heavy (non-hydrogen) atoms. The molecule has 0 amide bonds. The standard InChI is InChI=1S/C7H9N5O/c1-12-10-7(9-11-12)6-2-5(3-8)4-13-6/h2,4H,3,8H2,1H3. The van der Waals surface area contributed by atoms with Crippen molar-refractivity contribution in [2.75, 3.05) is 0 Å². The van der Waals surface area contributed by atoms with Gasteiger partial charge in [0.05, 0.1) is 13.3 Å². The number of aromatic nitrogens is 4. The number of nitrogens with zero attached hydrogens (tertiary/aromatic N) is 4. The molecule has 0 aromatic carbocycles. The van der Waals surface area contributed by atoms with Crippen molar-refractivity contribution in [1.82, 2.24) is 20.2 Å². The van der Waals surface area contributed by atoms with E-state index in [9.17, 15) is 0 Å². The van der Waals surface area contributed by atoms with E-state index in [2.05, 4.69) is 15.4 Å². The van der Waals surface area contributed by atoms with Gasteiger partial charge in [0.2, 0.25) is 5.82 Å². The average Bonchev–Trinajstić information content (AvgIpc) is 2.71. The Kier molecular flexibility index (Phi) is 1.82. The molecule has 0 aliphatic heterocycles. The van der Waals surface area contributed by atoms with Crippen molar-refractivity contribution < 1.29 is 4.42 Å². The molecule has 0 aliphatic carbocycles. The van der Waals surface area contributed by atoms with Crippen molar-refractivity contribution >= 4 is 0 Å². The van der Waals surface area contributed by atoms with Crippen LogP contribution in [0.15, 0.2) is 16.7 Å². The summed E-state index contributed by atoms with van der Waals surface area (Å²) in [6, 6.07) is 1.80. The van der Waals surface area contributed by atoms with E-state index in [1.807, 2.05) is 0 Å². The van der Waals surface area contributed by atoms with Gasteiger partial charge in [-0.25, -0.2) is 0 Å². The van der Waals surface area contributed by atoms with Gasteiger partial charge in [0.1, 0.15) is 0 Å². The van der Waals surface area contributed by atoms with Crippen LogP contribution in [0.5, 0.6) is 0 Å². The molecule has 6 heteroatoms. The summed E-state index contributed by atoms with van der Waals surface area (Å²) in [5.41, 5.74) is 6.34. The molecule has 0 bridgehead atoms. The second kappa shape index (κ2) is 2.98.